The minimum atomic E-state index is -3.63. The zero-order valence-corrected chi connectivity index (χ0v) is 15.1. The summed E-state index contributed by atoms with van der Waals surface area (Å²) in [5.41, 5.74) is 2.17. The number of aromatic nitrogens is 1. The van der Waals surface area contributed by atoms with Gasteiger partial charge in [-0.05, 0) is 60.7 Å². The summed E-state index contributed by atoms with van der Waals surface area (Å²) in [4.78, 5) is 15.1. The molecule has 0 bridgehead atoms. The topological polar surface area (TPSA) is 79.0 Å². The molecule has 3 rings (SSSR count). The highest BCUT2D eigenvalue weighted by molar-refractivity contribution is 7.89. The van der Waals surface area contributed by atoms with Crippen LogP contribution in [0, 0.1) is 6.92 Å². The van der Waals surface area contributed by atoms with Crippen LogP contribution in [0.2, 0.25) is 5.02 Å². The molecule has 1 heterocycles. The molecule has 0 aliphatic carbocycles. The van der Waals surface area contributed by atoms with E-state index in [2.05, 4.69) is 9.71 Å². The second-order valence-electron chi connectivity index (χ2n) is 5.82. The molecule has 0 saturated heterocycles. The Bertz CT molecular complexity index is 1070. The first-order valence-corrected chi connectivity index (χ1v) is 9.59. The smallest absolute Gasteiger partial charge is 0.251 e. The Morgan fingerprint density at radius 3 is 2.52 bits per heavy atom. The van der Waals surface area contributed by atoms with Crippen LogP contribution < -0.4 is 10.3 Å². The van der Waals surface area contributed by atoms with Crippen LogP contribution in [0.4, 0.5) is 0 Å². The van der Waals surface area contributed by atoms with Crippen LogP contribution in [-0.2, 0) is 16.4 Å². The number of halogens is 1. The molecule has 0 unspecified atom stereocenters. The third-order valence-corrected chi connectivity index (χ3v) is 5.62. The first-order valence-electron chi connectivity index (χ1n) is 7.73. The maximum absolute atomic E-state index is 12.2. The first-order chi connectivity index (χ1) is 11.8. The van der Waals surface area contributed by atoms with Gasteiger partial charge in [0.2, 0.25) is 10.0 Å². The number of hydrogen-bond acceptors (Lipinski definition) is 3. The summed E-state index contributed by atoms with van der Waals surface area (Å²) >= 11 is 5.77. The molecule has 25 heavy (non-hydrogen) atoms. The Balaban J connectivity index is 1.74. The van der Waals surface area contributed by atoms with E-state index < -0.39 is 10.0 Å². The Morgan fingerprint density at radius 2 is 1.80 bits per heavy atom. The molecule has 0 atom stereocenters. The molecule has 0 aliphatic rings. The number of hydrogen-bond donors (Lipinski definition) is 2. The molecule has 0 fully saturated rings. The average molecular weight is 377 g/mol. The summed E-state index contributed by atoms with van der Waals surface area (Å²) in [6, 6.07) is 13.5. The second kappa shape index (κ2) is 7.00. The van der Waals surface area contributed by atoms with Crippen molar-refractivity contribution in [3.8, 4) is 0 Å². The van der Waals surface area contributed by atoms with Crippen LogP contribution in [0.5, 0.6) is 0 Å². The Labute approximate surface area is 150 Å². The van der Waals surface area contributed by atoms with Gasteiger partial charge < -0.3 is 4.98 Å². The lowest BCUT2D eigenvalue weighted by molar-refractivity contribution is 0.581. The molecular formula is C18H17ClN2O3S. The molecule has 0 spiro atoms. The molecule has 7 heteroatoms. The molecule has 1 aromatic heterocycles. The maximum Gasteiger partial charge on any atom is 0.251 e. The summed E-state index contributed by atoms with van der Waals surface area (Å²) in [5.74, 6) is 0. The number of pyridine rings is 1. The number of sulfonamides is 1. The molecule has 0 amide bonds. The third-order valence-electron chi connectivity index (χ3n) is 3.89. The summed E-state index contributed by atoms with van der Waals surface area (Å²) in [6.07, 6.45) is 0.298. The van der Waals surface area contributed by atoms with Gasteiger partial charge in [-0.25, -0.2) is 13.1 Å². The largest absolute Gasteiger partial charge is 0.322 e. The molecule has 0 aliphatic heterocycles. The van der Waals surface area contributed by atoms with Gasteiger partial charge in [-0.1, -0.05) is 23.7 Å². The molecule has 130 valence electrons. The lowest BCUT2D eigenvalue weighted by Gasteiger charge is -2.07. The van der Waals surface area contributed by atoms with Gasteiger partial charge in [-0.15, -0.1) is 0 Å². The fraction of sp³-hybridized carbons (Fsp3) is 0.167. The van der Waals surface area contributed by atoms with Crippen molar-refractivity contribution in [1.82, 2.24) is 9.71 Å². The highest BCUT2D eigenvalue weighted by Gasteiger charge is 2.13. The molecule has 2 aromatic carbocycles. The van der Waals surface area contributed by atoms with Crippen LogP contribution in [0.15, 0.2) is 58.2 Å². The van der Waals surface area contributed by atoms with Crippen molar-refractivity contribution >= 4 is 32.5 Å². The number of H-pyrrole nitrogens is 1. The Kier molecular flexibility index (Phi) is 4.94. The zero-order chi connectivity index (χ0) is 18.0. The van der Waals surface area contributed by atoms with Gasteiger partial charge in [0.05, 0.1) is 4.90 Å². The number of benzene rings is 2. The number of nitrogens with one attached hydrogen (secondary N) is 2. The van der Waals surface area contributed by atoms with Crippen LogP contribution in [-0.4, -0.2) is 19.9 Å². The monoisotopic (exact) mass is 376 g/mol. The quantitative estimate of drug-likeness (QED) is 0.718. The van der Waals surface area contributed by atoms with E-state index in [9.17, 15) is 13.2 Å². The fourth-order valence-electron chi connectivity index (χ4n) is 2.56. The van der Waals surface area contributed by atoms with Gasteiger partial charge in [0.1, 0.15) is 0 Å². The van der Waals surface area contributed by atoms with Crippen molar-refractivity contribution in [1.29, 1.82) is 0 Å². The van der Waals surface area contributed by atoms with Gasteiger partial charge in [-0.2, -0.15) is 0 Å². The number of fused-ring (bicyclic) bond motifs is 1. The van der Waals surface area contributed by atoms with Gasteiger partial charge in [-0.3, -0.25) is 4.79 Å². The standard InChI is InChI=1S/C18H17ClN2O3S/c1-12-2-3-13-11-14(18(22)21-17(13)10-12)8-9-20-25(23,24)16-6-4-15(19)5-7-16/h2-7,10-11,20H,8-9H2,1H3,(H,21,22). The first kappa shape index (κ1) is 17.7. The lowest BCUT2D eigenvalue weighted by atomic mass is 10.1. The fourth-order valence-corrected chi connectivity index (χ4v) is 3.72. The predicted molar refractivity (Wildman–Crippen MR) is 99.7 cm³/mol. The molecule has 0 saturated carbocycles. The summed E-state index contributed by atoms with van der Waals surface area (Å²) < 4.78 is 27.0. The van der Waals surface area contributed by atoms with Crippen molar-refractivity contribution in [3.63, 3.8) is 0 Å². The van der Waals surface area contributed by atoms with Gasteiger partial charge >= 0.3 is 0 Å². The van der Waals surface area contributed by atoms with E-state index in [4.69, 9.17) is 11.6 Å². The zero-order valence-electron chi connectivity index (χ0n) is 13.5. The van der Waals surface area contributed by atoms with Crippen molar-refractivity contribution in [2.24, 2.45) is 0 Å². The average Bonchev–Trinajstić information content (AvgIpc) is 2.56. The van der Waals surface area contributed by atoms with E-state index in [1.54, 1.807) is 6.07 Å². The van der Waals surface area contributed by atoms with Crippen LogP contribution in [0.25, 0.3) is 10.9 Å². The number of aryl methyl sites for hydroxylation is 1. The van der Waals surface area contributed by atoms with Crippen LogP contribution >= 0.6 is 11.6 Å². The van der Waals surface area contributed by atoms with Gasteiger partial charge in [0.15, 0.2) is 0 Å². The van der Waals surface area contributed by atoms with E-state index >= 15 is 0 Å². The number of aromatic amines is 1. The van der Waals surface area contributed by atoms with Crippen molar-refractivity contribution < 1.29 is 8.42 Å². The second-order valence-corrected chi connectivity index (χ2v) is 8.02. The molecule has 3 aromatic rings. The van der Waals surface area contributed by atoms with E-state index in [1.165, 1.54) is 24.3 Å². The minimum Gasteiger partial charge on any atom is -0.322 e. The van der Waals surface area contributed by atoms with Crippen molar-refractivity contribution in [3.05, 3.63) is 75.0 Å². The summed E-state index contributed by atoms with van der Waals surface area (Å²) in [6.45, 7) is 2.09. The van der Waals surface area contributed by atoms with E-state index in [0.29, 0.717) is 17.0 Å². The molecule has 2 N–H and O–H groups in total. The van der Waals surface area contributed by atoms with Gasteiger partial charge in [0, 0.05) is 22.6 Å². The Morgan fingerprint density at radius 1 is 1.08 bits per heavy atom. The summed E-state index contributed by atoms with van der Waals surface area (Å²) in [5, 5.41) is 1.39. The van der Waals surface area contributed by atoms with E-state index in [-0.39, 0.29) is 17.0 Å². The van der Waals surface area contributed by atoms with E-state index in [1.807, 2.05) is 25.1 Å². The Hall–Kier alpha value is -2.15. The normalized spacial score (nSPS) is 11.8. The molecule has 5 nitrogen and oxygen atoms in total. The van der Waals surface area contributed by atoms with Gasteiger partial charge in [0.25, 0.3) is 5.56 Å². The predicted octanol–water partition coefficient (Wildman–Crippen LogP) is 3.01. The third kappa shape index (κ3) is 4.10. The highest BCUT2D eigenvalue weighted by Crippen LogP contribution is 2.15. The summed E-state index contributed by atoms with van der Waals surface area (Å²) in [7, 11) is -3.63. The maximum atomic E-state index is 12.2. The van der Waals surface area contributed by atoms with Crippen LogP contribution in [0.3, 0.4) is 0 Å². The van der Waals surface area contributed by atoms with Crippen molar-refractivity contribution in [2.75, 3.05) is 6.54 Å². The lowest BCUT2D eigenvalue weighted by Crippen LogP contribution is -2.27. The SMILES string of the molecule is Cc1ccc2cc(CCNS(=O)(=O)c3ccc(Cl)cc3)c(=O)[nH]c2c1. The minimum absolute atomic E-state index is 0.130. The van der Waals surface area contributed by atoms with Crippen molar-refractivity contribution in [2.45, 2.75) is 18.2 Å². The van der Waals surface area contributed by atoms with E-state index in [0.717, 1.165) is 16.5 Å². The molecular weight excluding hydrogens is 360 g/mol. The van der Waals surface area contributed by atoms with Crippen LogP contribution in [0.1, 0.15) is 11.1 Å². The number of rotatable bonds is 5. The molecule has 0 radical (unpaired) electrons. The highest BCUT2D eigenvalue weighted by atomic mass is 35.5.